The quantitative estimate of drug-likeness (QED) is 0.780. The zero-order valence-electron chi connectivity index (χ0n) is 9.16. The topological polar surface area (TPSA) is 49.2 Å². The van der Waals surface area contributed by atoms with Gasteiger partial charge in [0.1, 0.15) is 0 Å². The summed E-state index contributed by atoms with van der Waals surface area (Å²) in [5, 5.41) is 8.93. The molecule has 0 fully saturated rings. The van der Waals surface area contributed by atoms with E-state index in [9.17, 15) is 4.39 Å². The highest BCUT2D eigenvalue weighted by Gasteiger charge is 2.13. The van der Waals surface area contributed by atoms with Gasteiger partial charge in [-0.05, 0) is 18.0 Å². The molecular weight excluding hydrogens is 233 g/mol. The normalized spacial score (nSPS) is 10.5. The van der Waals surface area contributed by atoms with Crippen LogP contribution in [0.25, 0.3) is 0 Å². The molecular formula is C10H15ClFN3O. The van der Waals surface area contributed by atoms with Gasteiger partial charge >= 0.3 is 0 Å². The number of hydrogen-bond donors (Lipinski definition) is 1. The Balaban J connectivity index is 2.85. The Bertz CT molecular complexity index is 338. The Morgan fingerprint density at radius 1 is 1.50 bits per heavy atom. The van der Waals surface area contributed by atoms with Gasteiger partial charge in [-0.15, -0.1) is 0 Å². The summed E-state index contributed by atoms with van der Waals surface area (Å²) in [7, 11) is 0. The SMILES string of the molecule is CCCCN(CCO)c1nc(Cl)ncc1F. The fourth-order valence-electron chi connectivity index (χ4n) is 1.35. The minimum absolute atomic E-state index is 0.0100. The van der Waals surface area contributed by atoms with Gasteiger partial charge in [0, 0.05) is 13.1 Å². The number of halogens is 2. The number of aliphatic hydroxyl groups is 1. The molecule has 1 heterocycles. The Hall–Kier alpha value is -0.940. The first kappa shape index (κ1) is 13.1. The van der Waals surface area contributed by atoms with Crippen molar-refractivity contribution in [2.45, 2.75) is 19.8 Å². The predicted molar refractivity (Wildman–Crippen MR) is 61.2 cm³/mol. The number of hydrogen-bond acceptors (Lipinski definition) is 4. The van der Waals surface area contributed by atoms with Crippen LogP contribution < -0.4 is 4.90 Å². The molecule has 16 heavy (non-hydrogen) atoms. The molecule has 1 rings (SSSR count). The molecule has 0 radical (unpaired) electrons. The van der Waals surface area contributed by atoms with E-state index < -0.39 is 5.82 Å². The first-order valence-electron chi connectivity index (χ1n) is 5.23. The third kappa shape index (κ3) is 3.57. The van der Waals surface area contributed by atoms with Crippen LogP contribution in [-0.2, 0) is 0 Å². The lowest BCUT2D eigenvalue weighted by molar-refractivity contribution is 0.300. The molecule has 0 unspecified atom stereocenters. The van der Waals surface area contributed by atoms with Gasteiger partial charge in [-0.3, -0.25) is 0 Å². The molecule has 0 bridgehead atoms. The van der Waals surface area contributed by atoms with Crippen LogP contribution >= 0.6 is 11.6 Å². The van der Waals surface area contributed by atoms with Crippen LogP contribution in [0.15, 0.2) is 6.20 Å². The van der Waals surface area contributed by atoms with Crippen molar-refractivity contribution in [1.29, 1.82) is 0 Å². The van der Waals surface area contributed by atoms with Crippen LogP contribution in [0.4, 0.5) is 10.2 Å². The summed E-state index contributed by atoms with van der Waals surface area (Å²) in [5.74, 6) is -0.364. The van der Waals surface area contributed by atoms with E-state index in [4.69, 9.17) is 16.7 Å². The molecule has 0 amide bonds. The van der Waals surface area contributed by atoms with Gasteiger partial charge in [0.05, 0.1) is 12.8 Å². The van der Waals surface area contributed by atoms with Crippen LogP contribution in [-0.4, -0.2) is 34.8 Å². The zero-order chi connectivity index (χ0) is 12.0. The van der Waals surface area contributed by atoms with Crippen LogP contribution in [0.3, 0.4) is 0 Å². The van der Waals surface area contributed by atoms with Crippen molar-refractivity contribution >= 4 is 17.4 Å². The highest BCUT2D eigenvalue weighted by Crippen LogP contribution is 2.17. The molecule has 0 aliphatic heterocycles. The monoisotopic (exact) mass is 247 g/mol. The second kappa shape index (κ2) is 6.60. The molecule has 1 aromatic heterocycles. The van der Waals surface area contributed by atoms with Gasteiger partial charge in [-0.25, -0.2) is 9.37 Å². The second-order valence-electron chi connectivity index (χ2n) is 3.37. The van der Waals surface area contributed by atoms with E-state index >= 15 is 0 Å². The number of aliphatic hydroxyl groups excluding tert-OH is 1. The van der Waals surface area contributed by atoms with Crippen molar-refractivity contribution in [3.05, 3.63) is 17.3 Å². The highest BCUT2D eigenvalue weighted by molar-refractivity contribution is 6.28. The molecule has 90 valence electrons. The van der Waals surface area contributed by atoms with Crippen molar-refractivity contribution in [3.8, 4) is 0 Å². The third-order valence-corrected chi connectivity index (χ3v) is 2.33. The van der Waals surface area contributed by atoms with E-state index in [0.717, 1.165) is 19.0 Å². The van der Waals surface area contributed by atoms with E-state index in [1.54, 1.807) is 4.90 Å². The average Bonchev–Trinajstić information content (AvgIpc) is 2.28. The van der Waals surface area contributed by atoms with Crippen LogP contribution in [0, 0.1) is 5.82 Å². The standard InChI is InChI=1S/C10H15ClFN3O/c1-2-3-4-15(5-6-16)9-8(12)7-13-10(11)14-9/h7,16H,2-6H2,1H3. The Morgan fingerprint density at radius 2 is 2.25 bits per heavy atom. The minimum atomic E-state index is -0.519. The molecule has 0 spiro atoms. The summed E-state index contributed by atoms with van der Waals surface area (Å²) >= 11 is 5.62. The molecule has 1 aromatic rings. The van der Waals surface area contributed by atoms with Gasteiger partial charge in [0.25, 0.3) is 0 Å². The molecule has 6 heteroatoms. The number of aromatic nitrogens is 2. The molecule has 4 nitrogen and oxygen atoms in total. The smallest absolute Gasteiger partial charge is 0.224 e. The molecule has 0 aliphatic rings. The number of unbranched alkanes of at least 4 members (excludes halogenated alkanes) is 1. The van der Waals surface area contributed by atoms with Gasteiger partial charge in [-0.2, -0.15) is 4.98 Å². The Kier molecular flexibility index (Phi) is 5.42. The molecule has 0 saturated heterocycles. The van der Waals surface area contributed by atoms with E-state index in [0.29, 0.717) is 13.1 Å². The maximum Gasteiger partial charge on any atom is 0.224 e. The van der Waals surface area contributed by atoms with Crippen molar-refractivity contribution in [2.75, 3.05) is 24.6 Å². The maximum absolute atomic E-state index is 13.5. The number of rotatable bonds is 6. The summed E-state index contributed by atoms with van der Waals surface area (Å²) in [6.07, 6.45) is 2.93. The Morgan fingerprint density at radius 3 is 2.88 bits per heavy atom. The zero-order valence-corrected chi connectivity index (χ0v) is 9.91. The van der Waals surface area contributed by atoms with Crippen LogP contribution in [0.2, 0.25) is 5.28 Å². The first-order valence-corrected chi connectivity index (χ1v) is 5.60. The minimum Gasteiger partial charge on any atom is -0.395 e. The summed E-state index contributed by atoms with van der Waals surface area (Å²) in [6, 6.07) is 0. The highest BCUT2D eigenvalue weighted by atomic mass is 35.5. The molecule has 1 N–H and O–H groups in total. The number of nitrogens with zero attached hydrogens (tertiary/aromatic N) is 3. The largest absolute Gasteiger partial charge is 0.395 e. The lowest BCUT2D eigenvalue weighted by Gasteiger charge is -2.22. The summed E-state index contributed by atoms with van der Waals surface area (Å²) in [4.78, 5) is 9.06. The van der Waals surface area contributed by atoms with E-state index in [2.05, 4.69) is 9.97 Å². The van der Waals surface area contributed by atoms with Crippen LogP contribution in [0.1, 0.15) is 19.8 Å². The summed E-state index contributed by atoms with van der Waals surface area (Å²) < 4.78 is 13.5. The van der Waals surface area contributed by atoms with Gasteiger partial charge in [-0.1, -0.05) is 13.3 Å². The van der Waals surface area contributed by atoms with Gasteiger partial charge in [0.2, 0.25) is 5.28 Å². The van der Waals surface area contributed by atoms with Crippen molar-refractivity contribution < 1.29 is 9.50 Å². The Labute approximate surface area is 99.1 Å². The lowest BCUT2D eigenvalue weighted by Crippen LogP contribution is -2.29. The van der Waals surface area contributed by atoms with E-state index in [-0.39, 0.29) is 17.7 Å². The molecule has 0 aromatic carbocycles. The van der Waals surface area contributed by atoms with Gasteiger partial charge in [0.15, 0.2) is 11.6 Å². The third-order valence-electron chi connectivity index (χ3n) is 2.15. The van der Waals surface area contributed by atoms with Crippen molar-refractivity contribution in [2.24, 2.45) is 0 Å². The first-order chi connectivity index (χ1) is 7.69. The molecule has 0 atom stereocenters. The number of anilines is 1. The second-order valence-corrected chi connectivity index (χ2v) is 3.71. The fraction of sp³-hybridized carbons (Fsp3) is 0.600. The summed E-state index contributed by atoms with van der Waals surface area (Å²) in [5.41, 5.74) is 0. The predicted octanol–water partition coefficient (Wildman–Crippen LogP) is 1.87. The molecule has 0 saturated carbocycles. The van der Waals surface area contributed by atoms with Crippen molar-refractivity contribution in [3.63, 3.8) is 0 Å². The average molecular weight is 248 g/mol. The van der Waals surface area contributed by atoms with Gasteiger partial charge < -0.3 is 10.0 Å². The molecule has 0 aliphatic carbocycles. The van der Waals surface area contributed by atoms with E-state index in [1.807, 2.05) is 6.92 Å². The maximum atomic E-state index is 13.5. The fourth-order valence-corrected chi connectivity index (χ4v) is 1.48. The summed E-state index contributed by atoms with van der Waals surface area (Å²) in [6.45, 7) is 2.97. The lowest BCUT2D eigenvalue weighted by atomic mass is 10.3. The van der Waals surface area contributed by atoms with Crippen molar-refractivity contribution in [1.82, 2.24) is 9.97 Å². The van der Waals surface area contributed by atoms with Crippen LogP contribution in [0.5, 0.6) is 0 Å². The van der Waals surface area contributed by atoms with E-state index in [1.165, 1.54) is 0 Å².